The van der Waals surface area contributed by atoms with E-state index in [9.17, 15) is 35.8 Å². The maximum absolute atomic E-state index is 13.4. The summed E-state index contributed by atoms with van der Waals surface area (Å²) in [4.78, 5) is 17.6. The quantitative estimate of drug-likeness (QED) is 0.0690. The molecule has 4 heterocycles. The number of amides is 1. The Morgan fingerprint density at radius 3 is 2.36 bits per heavy atom. The Bertz CT molecular complexity index is 3030. The Balaban J connectivity index is 0.00000706. The molecule has 2 saturated carbocycles. The third-order valence-electron chi connectivity index (χ3n) is 20.2. The summed E-state index contributed by atoms with van der Waals surface area (Å²) in [5.74, 6) is 2.88. The van der Waals surface area contributed by atoms with Crippen LogP contribution in [0.4, 0.5) is 11.4 Å². The molecule has 2 aromatic carbocycles. The van der Waals surface area contributed by atoms with Gasteiger partial charge in [0.15, 0.2) is 5.71 Å². The molecule has 1 spiro atoms. The van der Waals surface area contributed by atoms with E-state index < -0.39 is 31.1 Å². The zero-order valence-electron chi connectivity index (χ0n) is 46.8. The van der Waals surface area contributed by atoms with Gasteiger partial charge in [0.25, 0.3) is 0 Å². The second-order valence-electron chi connectivity index (χ2n) is 25.1. The van der Waals surface area contributed by atoms with Crippen molar-refractivity contribution < 1.29 is 96.5 Å². The molecule has 0 aromatic heterocycles. The largest absolute Gasteiger partial charge is 1.00 e. The van der Waals surface area contributed by atoms with Crippen LogP contribution in [0.15, 0.2) is 92.9 Å². The number of nitrogens with one attached hydrogen (secondary N) is 1. The number of likely N-dealkylation sites (tertiary alicyclic amines) is 1. The number of anilines is 1. The summed E-state index contributed by atoms with van der Waals surface area (Å²) in [6.45, 7) is 23.4. The van der Waals surface area contributed by atoms with Crippen LogP contribution in [-0.4, -0.2) is 109 Å². The van der Waals surface area contributed by atoms with Crippen LogP contribution >= 0.6 is 0 Å². The van der Waals surface area contributed by atoms with Crippen molar-refractivity contribution in [2.75, 3.05) is 37.6 Å². The number of benzene rings is 2. The fourth-order valence-corrected chi connectivity index (χ4v) is 17.3. The first-order valence-electron chi connectivity index (χ1n) is 28.1. The molecular weight excluding hydrogens is 1020 g/mol. The van der Waals surface area contributed by atoms with Crippen LogP contribution < -0.4 is 61.6 Å². The number of nitrogens with zero attached hydrogens (tertiary/aromatic N) is 3. The van der Waals surface area contributed by atoms with Crippen molar-refractivity contribution in [2.45, 2.75) is 184 Å². The van der Waals surface area contributed by atoms with Gasteiger partial charge in [0.05, 0.1) is 33.0 Å². The first-order chi connectivity index (χ1) is 35.3. The third-order valence-corrected chi connectivity index (χ3v) is 21.9. The summed E-state index contributed by atoms with van der Waals surface area (Å²) in [5, 5.41) is 13.8. The normalized spacial score (nSPS) is 33.0. The second kappa shape index (κ2) is 21.5. The third kappa shape index (κ3) is 10.2. The van der Waals surface area contributed by atoms with E-state index in [-0.39, 0.29) is 90.3 Å². The number of aliphatic hydroxyl groups excluding tert-OH is 1. The number of ether oxygens (including phenoxy) is 1. The van der Waals surface area contributed by atoms with Gasteiger partial charge in [-0.15, -0.1) is 0 Å². The maximum atomic E-state index is 13.4. The van der Waals surface area contributed by atoms with E-state index in [4.69, 9.17) is 4.74 Å². The van der Waals surface area contributed by atoms with Crippen LogP contribution in [0.2, 0.25) is 0 Å². The topological polar surface area (TPSA) is 182 Å². The van der Waals surface area contributed by atoms with Gasteiger partial charge in [0.2, 0.25) is 11.6 Å². The minimum absolute atomic E-state index is 0. The number of fused-ring (bicyclic) bond motifs is 8. The van der Waals surface area contributed by atoms with Gasteiger partial charge in [0.1, 0.15) is 26.8 Å². The van der Waals surface area contributed by atoms with Crippen LogP contribution in [0, 0.1) is 35.0 Å². The summed E-state index contributed by atoms with van der Waals surface area (Å²) in [6.07, 6.45) is 19.7. The molecule has 13 nitrogen and oxygen atoms in total. The SMILES string of the molecule is CCN1/C(=C/C=C/C2=[N+](CCCCCC(=O)NCCN3CC(C)C[C@H]4OC5(CCC6C(=C5C)CC5C6CC=C6C[C@@H](O)CCC65C)[C@H](C)[C@@H]43)c3ccc(S(=O)(=O)[O-])cc3C2(C)C)C(C)(C)c2cc(S(=O)(=O)[O-])ccc21.[K+]. The van der Waals surface area contributed by atoms with E-state index in [1.54, 1.807) is 17.7 Å². The van der Waals surface area contributed by atoms with Gasteiger partial charge in [0, 0.05) is 85.5 Å². The predicted octanol–water partition coefficient (Wildman–Crippen LogP) is 6.54. The van der Waals surface area contributed by atoms with E-state index in [2.05, 4.69) is 53.5 Å². The summed E-state index contributed by atoms with van der Waals surface area (Å²) < 4.78 is 82.1. The number of rotatable bonds is 14. The first kappa shape index (κ1) is 58.3. The molecule has 408 valence electrons. The van der Waals surface area contributed by atoms with Crippen LogP contribution in [0.5, 0.6) is 0 Å². The number of unbranched alkanes of at least 4 members (excludes halogenated alkanes) is 2. The summed E-state index contributed by atoms with van der Waals surface area (Å²) in [6, 6.07) is 9.43. The molecule has 6 unspecified atom stereocenters. The van der Waals surface area contributed by atoms with Crippen molar-refractivity contribution in [3.05, 3.63) is 94.2 Å². The average molecular weight is 1110 g/mol. The fourth-order valence-electron chi connectivity index (χ4n) is 16.3. The van der Waals surface area contributed by atoms with Gasteiger partial charge in [-0.05, 0) is 169 Å². The van der Waals surface area contributed by atoms with E-state index in [0.717, 1.165) is 98.4 Å². The number of piperidine rings is 1. The predicted molar refractivity (Wildman–Crippen MR) is 290 cm³/mol. The van der Waals surface area contributed by atoms with Crippen molar-refractivity contribution in [3.63, 3.8) is 0 Å². The number of carbonyl (C=O) groups is 1. The number of carbonyl (C=O) groups excluding carboxylic acids is 1. The van der Waals surface area contributed by atoms with Crippen LogP contribution in [0.3, 0.4) is 0 Å². The molecule has 10 atom stereocenters. The standard InChI is InChI=1S/C60H82N4O9S2.K/c1-10-63-50-22-19-42(74(67,68)69)33-48(50)57(5,6)53(63)15-14-16-54-58(7,8)49-34-43(75(70,71)72)20-23-51(49)64(54)29-13-11-12-17-55(66)61-28-30-62-36-37(2)31-52-56(62)39(4)60(73-52)27-25-44-45-21-18-40-32-41(65)24-26-59(40,9)47(45)35-46(44)38(60)3;/h14-16,18-20,22-23,33-34,37,39,41,44-45,47,52,56,65H,10-13,17,21,24-32,35-36H2,1-9H3,(H2-,61,66,67,68,69,70,71,72);/q;+1/p-1/t37?,39-,41+,44?,45?,47?,52-,56+,59?,60?;/m1./s1. The van der Waals surface area contributed by atoms with Crippen LogP contribution in [-0.2, 0) is 40.6 Å². The maximum Gasteiger partial charge on any atom is 1.00 e. The van der Waals surface area contributed by atoms with E-state index in [1.807, 2.05) is 52.8 Å². The smallest absolute Gasteiger partial charge is 0.744 e. The molecule has 2 aromatic rings. The monoisotopic (exact) mass is 1100 g/mol. The minimum Gasteiger partial charge on any atom is -0.744 e. The minimum atomic E-state index is -4.69. The van der Waals surface area contributed by atoms with Crippen LogP contribution in [0.1, 0.15) is 150 Å². The molecule has 8 aliphatic rings. The molecule has 4 fully saturated rings. The van der Waals surface area contributed by atoms with Crippen molar-refractivity contribution in [2.24, 2.45) is 35.0 Å². The molecule has 2 N–H and O–H groups in total. The van der Waals surface area contributed by atoms with Crippen molar-refractivity contribution in [3.8, 4) is 0 Å². The van der Waals surface area contributed by atoms with Gasteiger partial charge in [-0.25, -0.2) is 16.8 Å². The molecule has 4 aliphatic carbocycles. The molecule has 0 radical (unpaired) electrons. The number of hydrogen-bond donors (Lipinski definition) is 2. The Hall–Kier alpha value is -2.32. The molecule has 0 bridgehead atoms. The Morgan fingerprint density at radius 2 is 1.64 bits per heavy atom. The Kier molecular flexibility index (Phi) is 16.5. The first-order valence-corrected chi connectivity index (χ1v) is 30.9. The molecule has 4 aliphatic heterocycles. The average Bonchev–Trinajstić information content (AvgIpc) is 4.00. The van der Waals surface area contributed by atoms with Crippen molar-refractivity contribution in [1.82, 2.24) is 10.2 Å². The Labute approximate surface area is 496 Å². The number of allylic oxidation sites excluding steroid dienone is 6. The number of aliphatic hydroxyl groups is 1. The van der Waals surface area contributed by atoms with E-state index in [1.165, 1.54) is 48.3 Å². The fraction of sp³-hybridized carbons (Fsp3) is 0.633. The van der Waals surface area contributed by atoms with E-state index >= 15 is 0 Å². The van der Waals surface area contributed by atoms with Gasteiger partial charge in [-0.3, -0.25) is 9.69 Å². The number of likely N-dealkylation sites (N-methyl/N-ethyl adjacent to an activating group) is 1. The van der Waals surface area contributed by atoms with E-state index in [0.29, 0.717) is 68.1 Å². The van der Waals surface area contributed by atoms with Crippen LogP contribution in [0.25, 0.3) is 0 Å². The summed E-state index contributed by atoms with van der Waals surface area (Å²) in [7, 11) is -9.34. The second-order valence-corrected chi connectivity index (χ2v) is 27.8. The van der Waals surface area contributed by atoms with Gasteiger partial charge < -0.3 is 29.2 Å². The van der Waals surface area contributed by atoms with Gasteiger partial charge in [-0.2, -0.15) is 4.58 Å². The van der Waals surface area contributed by atoms with Crippen molar-refractivity contribution in [1.29, 1.82) is 0 Å². The zero-order valence-corrected chi connectivity index (χ0v) is 51.5. The molecule has 76 heavy (non-hydrogen) atoms. The molecule has 16 heteroatoms. The summed E-state index contributed by atoms with van der Waals surface area (Å²) >= 11 is 0. The molecule has 1 amide bonds. The zero-order chi connectivity index (χ0) is 53.8. The Morgan fingerprint density at radius 1 is 0.934 bits per heavy atom. The molecule has 2 saturated heterocycles. The molecule has 10 rings (SSSR count). The van der Waals surface area contributed by atoms with Crippen molar-refractivity contribution >= 4 is 43.2 Å². The summed E-state index contributed by atoms with van der Waals surface area (Å²) in [5.41, 5.74) is 8.40. The number of hydrogen-bond acceptors (Lipinski definition) is 11. The van der Waals surface area contributed by atoms with Gasteiger partial charge >= 0.3 is 51.4 Å². The molecular formula is C60H81KN4O9S2. The van der Waals surface area contributed by atoms with Gasteiger partial charge in [-0.1, -0.05) is 57.9 Å².